The molecule has 0 saturated heterocycles. The zero-order valence-corrected chi connectivity index (χ0v) is 14.0. The van der Waals surface area contributed by atoms with Crippen molar-refractivity contribution in [3.8, 4) is 0 Å². The third-order valence-electron chi connectivity index (χ3n) is 3.65. The zero-order chi connectivity index (χ0) is 17.1. The summed E-state index contributed by atoms with van der Waals surface area (Å²) in [7, 11) is 0. The minimum atomic E-state index is -0.234. The first-order valence-corrected chi connectivity index (χ1v) is 8.58. The lowest BCUT2D eigenvalue weighted by atomic mass is 10.2. The van der Waals surface area contributed by atoms with Gasteiger partial charge in [-0.05, 0) is 29.8 Å². The fourth-order valence-corrected chi connectivity index (χ4v) is 3.35. The maximum absolute atomic E-state index is 12.0. The Hall–Kier alpha value is -3.06. The summed E-state index contributed by atoms with van der Waals surface area (Å²) in [6, 6.07) is 15.2. The Morgan fingerprint density at radius 2 is 1.92 bits per heavy atom. The van der Waals surface area contributed by atoms with Crippen molar-refractivity contribution in [2.24, 2.45) is 0 Å². The van der Waals surface area contributed by atoms with Crippen molar-refractivity contribution in [2.45, 2.75) is 16.5 Å². The van der Waals surface area contributed by atoms with Crippen LogP contribution in [0.15, 0.2) is 70.8 Å². The average molecular weight is 349 g/mol. The summed E-state index contributed by atoms with van der Waals surface area (Å²) in [6.07, 6.45) is 3.35. The number of carbonyl (C=O) groups excluding carboxylic acids is 1. The third-order valence-corrected chi connectivity index (χ3v) is 4.72. The molecule has 1 aliphatic heterocycles. The maximum Gasteiger partial charge on any atom is 0.319 e. The van der Waals surface area contributed by atoms with E-state index in [0.717, 1.165) is 32.7 Å². The number of aromatic nitrogens is 2. The molecule has 0 fully saturated rings. The van der Waals surface area contributed by atoms with Crippen LogP contribution < -0.4 is 16.0 Å². The van der Waals surface area contributed by atoms with Crippen molar-refractivity contribution in [3.05, 3.63) is 66.5 Å². The first-order valence-electron chi connectivity index (χ1n) is 7.77. The molecule has 0 radical (unpaired) electrons. The molecule has 1 aliphatic rings. The Morgan fingerprint density at radius 3 is 2.80 bits per heavy atom. The van der Waals surface area contributed by atoms with Gasteiger partial charge in [-0.2, -0.15) is 0 Å². The Labute approximate surface area is 149 Å². The number of carbonyl (C=O) groups is 1. The summed E-state index contributed by atoms with van der Waals surface area (Å²) in [5.74, 6) is 0.756. The van der Waals surface area contributed by atoms with E-state index in [4.69, 9.17) is 0 Å². The molecule has 7 heteroatoms. The maximum atomic E-state index is 12.0. The van der Waals surface area contributed by atoms with Crippen LogP contribution in [-0.2, 0) is 6.54 Å². The first-order chi connectivity index (χ1) is 12.3. The Kier molecular flexibility index (Phi) is 4.22. The number of urea groups is 1. The molecule has 0 atom stereocenters. The van der Waals surface area contributed by atoms with E-state index in [2.05, 4.69) is 25.9 Å². The van der Waals surface area contributed by atoms with Crippen molar-refractivity contribution in [2.75, 3.05) is 10.6 Å². The van der Waals surface area contributed by atoms with E-state index in [1.807, 2.05) is 48.5 Å². The molecule has 0 aliphatic carbocycles. The molecule has 0 bridgehead atoms. The van der Waals surface area contributed by atoms with E-state index in [1.54, 1.807) is 24.2 Å². The van der Waals surface area contributed by atoms with Crippen LogP contribution in [0.1, 0.15) is 5.56 Å². The number of nitrogens with one attached hydrogen (secondary N) is 3. The van der Waals surface area contributed by atoms with Gasteiger partial charge in [0.2, 0.25) is 0 Å². The van der Waals surface area contributed by atoms with Gasteiger partial charge in [-0.1, -0.05) is 36.0 Å². The smallest absolute Gasteiger partial charge is 0.319 e. The van der Waals surface area contributed by atoms with E-state index in [1.165, 1.54) is 0 Å². The number of hydrogen-bond donors (Lipinski definition) is 3. The highest BCUT2D eigenvalue weighted by Gasteiger charge is 2.17. The molecular formula is C18H15N5OS. The van der Waals surface area contributed by atoms with Gasteiger partial charge in [0.1, 0.15) is 5.03 Å². The SMILES string of the molecule is O=C(NCc1ccc2c(c1)Nc1nccnc1S2)Nc1ccccc1. The van der Waals surface area contributed by atoms with Gasteiger partial charge in [0, 0.05) is 29.5 Å². The summed E-state index contributed by atoms with van der Waals surface area (Å²) < 4.78 is 0. The fourth-order valence-electron chi connectivity index (χ4n) is 2.47. The van der Waals surface area contributed by atoms with E-state index in [-0.39, 0.29) is 6.03 Å². The molecule has 2 aromatic carbocycles. The van der Waals surface area contributed by atoms with Crippen molar-refractivity contribution in [1.82, 2.24) is 15.3 Å². The van der Waals surface area contributed by atoms with Gasteiger partial charge in [0.05, 0.1) is 5.69 Å². The molecule has 0 unspecified atom stereocenters. The normalized spacial score (nSPS) is 11.7. The number of rotatable bonds is 3. The second kappa shape index (κ2) is 6.82. The number of amides is 2. The van der Waals surface area contributed by atoms with Gasteiger partial charge in [0.25, 0.3) is 0 Å². The van der Waals surface area contributed by atoms with Gasteiger partial charge in [-0.25, -0.2) is 14.8 Å². The number of benzene rings is 2. The molecule has 6 nitrogen and oxygen atoms in total. The van der Waals surface area contributed by atoms with E-state index < -0.39 is 0 Å². The topological polar surface area (TPSA) is 78.9 Å². The van der Waals surface area contributed by atoms with Gasteiger partial charge < -0.3 is 16.0 Å². The molecule has 124 valence electrons. The van der Waals surface area contributed by atoms with Gasteiger partial charge >= 0.3 is 6.03 Å². The summed E-state index contributed by atoms with van der Waals surface area (Å²) in [5.41, 5.74) is 2.74. The third kappa shape index (κ3) is 3.56. The summed E-state index contributed by atoms with van der Waals surface area (Å²) in [4.78, 5) is 21.7. The highest BCUT2D eigenvalue weighted by atomic mass is 32.2. The predicted molar refractivity (Wildman–Crippen MR) is 98.2 cm³/mol. The highest BCUT2D eigenvalue weighted by molar-refractivity contribution is 7.99. The Balaban J connectivity index is 1.40. The van der Waals surface area contributed by atoms with Crippen LogP contribution in [0.4, 0.5) is 22.0 Å². The number of hydrogen-bond acceptors (Lipinski definition) is 5. The molecule has 3 aromatic rings. The number of fused-ring (bicyclic) bond motifs is 2. The Morgan fingerprint density at radius 1 is 1.08 bits per heavy atom. The van der Waals surface area contributed by atoms with E-state index in [0.29, 0.717) is 6.54 Å². The summed E-state index contributed by atoms with van der Waals surface area (Å²) >= 11 is 1.58. The zero-order valence-electron chi connectivity index (χ0n) is 13.2. The monoisotopic (exact) mass is 349 g/mol. The number of nitrogens with zero attached hydrogens (tertiary/aromatic N) is 2. The standard InChI is InChI=1S/C18H15N5OS/c24-18(22-13-4-2-1-3-5-13)21-11-12-6-7-15-14(10-12)23-16-17(25-15)20-9-8-19-16/h1-10H,11H2,(H,19,23)(H2,21,22,24). The summed E-state index contributed by atoms with van der Waals surface area (Å²) in [6.45, 7) is 0.436. The van der Waals surface area contributed by atoms with Gasteiger partial charge in [0.15, 0.2) is 5.82 Å². The number of para-hydroxylation sites is 1. The van der Waals surface area contributed by atoms with Crippen LogP contribution in [-0.4, -0.2) is 16.0 Å². The minimum absolute atomic E-state index is 0.234. The molecule has 0 spiro atoms. The van der Waals surface area contributed by atoms with Crippen molar-refractivity contribution >= 4 is 35.0 Å². The van der Waals surface area contributed by atoms with Crippen LogP contribution in [0.5, 0.6) is 0 Å². The molecular weight excluding hydrogens is 334 g/mol. The average Bonchev–Trinajstić information content (AvgIpc) is 2.65. The first kappa shape index (κ1) is 15.5. The van der Waals surface area contributed by atoms with Crippen LogP contribution in [0.25, 0.3) is 0 Å². The van der Waals surface area contributed by atoms with Gasteiger partial charge in [-0.3, -0.25) is 0 Å². The van der Waals surface area contributed by atoms with Crippen LogP contribution in [0.2, 0.25) is 0 Å². The quantitative estimate of drug-likeness (QED) is 0.521. The second-order valence-electron chi connectivity index (χ2n) is 5.44. The van der Waals surface area contributed by atoms with Gasteiger partial charge in [-0.15, -0.1) is 0 Å². The predicted octanol–water partition coefficient (Wildman–Crippen LogP) is 4.01. The largest absolute Gasteiger partial charge is 0.337 e. The number of anilines is 3. The Bertz CT molecular complexity index is 916. The minimum Gasteiger partial charge on any atom is -0.337 e. The highest BCUT2D eigenvalue weighted by Crippen LogP contribution is 2.41. The summed E-state index contributed by atoms with van der Waals surface area (Å²) in [5, 5.41) is 9.81. The van der Waals surface area contributed by atoms with Crippen LogP contribution in [0.3, 0.4) is 0 Å². The fraction of sp³-hybridized carbons (Fsp3) is 0.0556. The van der Waals surface area contributed by atoms with Crippen molar-refractivity contribution < 1.29 is 4.79 Å². The molecule has 2 heterocycles. The van der Waals surface area contributed by atoms with E-state index in [9.17, 15) is 4.79 Å². The van der Waals surface area contributed by atoms with Crippen molar-refractivity contribution in [1.29, 1.82) is 0 Å². The lowest BCUT2D eigenvalue weighted by molar-refractivity contribution is 0.251. The molecule has 25 heavy (non-hydrogen) atoms. The van der Waals surface area contributed by atoms with Crippen LogP contribution in [0, 0.1) is 0 Å². The lowest BCUT2D eigenvalue weighted by Gasteiger charge is -2.19. The van der Waals surface area contributed by atoms with Crippen molar-refractivity contribution in [3.63, 3.8) is 0 Å². The molecule has 4 rings (SSSR count). The molecule has 2 amide bonds. The lowest BCUT2D eigenvalue weighted by Crippen LogP contribution is -2.28. The van der Waals surface area contributed by atoms with Crippen LogP contribution >= 0.6 is 11.8 Å². The van der Waals surface area contributed by atoms with E-state index >= 15 is 0 Å². The molecule has 3 N–H and O–H groups in total. The molecule has 0 saturated carbocycles. The molecule has 1 aromatic heterocycles. The second-order valence-corrected chi connectivity index (χ2v) is 6.47.